The van der Waals surface area contributed by atoms with Crippen molar-refractivity contribution in [1.29, 1.82) is 0 Å². The van der Waals surface area contributed by atoms with Crippen LogP contribution in [-0.2, 0) is 22.5 Å². The summed E-state index contributed by atoms with van der Waals surface area (Å²) in [6, 6.07) is 10.3. The third kappa shape index (κ3) is 5.40. The lowest BCUT2D eigenvalue weighted by atomic mass is 9.88. The molecule has 5 nitrogen and oxygen atoms in total. The fourth-order valence-electron chi connectivity index (χ4n) is 4.39. The maximum atomic E-state index is 13.2. The third-order valence-corrected chi connectivity index (χ3v) is 6.04. The quantitative estimate of drug-likeness (QED) is 0.814. The van der Waals surface area contributed by atoms with Crippen LogP contribution in [0.2, 0.25) is 0 Å². The van der Waals surface area contributed by atoms with Crippen molar-refractivity contribution >= 4 is 5.91 Å². The summed E-state index contributed by atoms with van der Waals surface area (Å²) in [4.78, 5) is 18.7. The second kappa shape index (κ2) is 9.01. The molecule has 3 heterocycles. The van der Waals surface area contributed by atoms with Gasteiger partial charge < -0.3 is 10.1 Å². The zero-order chi connectivity index (χ0) is 20.1. The fraction of sp³-hybridized carbons (Fsp3) is 0.478. The Bertz CT molecular complexity index is 822. The minimum atomic E-state index is -0.313. The second-order valence-corrected chi connectivity index (χ2v) is 8.20. The van der Waals surface area contributed by atoms with Crippen LogP contribution in [0, 0.1) is 5.82 Å². The van der Waals surface area contributed by atoms with E-state index in [1.165, 1.54) is 17.7 Å². The number of piperidine rings is 1. The molecule has 0 radical (unpaired) electrons. The minimum absolute atomic E-state index is 0.0350. The summed E-state index contributed by atoms with van der Waals surface area (Å²) in [7, 11) is 0. The lowest BCUT2D eigenvalue weighted by Gasteiger charge is -2.39. The molecule has 154 valence electrons. The van der Waals surface area contributed by atoms with Crippen LogP contribution in [0.5, 0.6) is 0 Å². The van der Waals surface area contributed by atoms with Crippen molar-refractivity contribution in [2.75, 3.05) is 19.6 Å². The number of aromatic nitrogens is 1. The number of carbonyl (C=O) groups excluding carboxylic acids is 1. The van der Waals surface area contributed by atoms with Crippen molar-refractivity contribution in [1.82, 2.24) is 15.2 Å². The number of pyridine rings is 1. The van der Waals surface area contributed by atoms with Crippen LogP contribution in [0.25, 0.3) is 0 Å². The topological polar surface area (TPSA) is 54.5 Å². The van der Waals surface area contributed by atoms with Crippen LogP contribution in [0.15, 0.2) is 48.8 Å². The second-order valence-electron chi connectivity index (χ2n) is 8.20. The van der Waals surface area contributed by atoms with Crippen LogP contribution >= 0.6 is 0 Å². The number of hydrogen-bond acceptors (Lipinski definition) is 4. The Morgan fingerprint density at radius 1 is 1.17 bits per heavy atom. The lowest BCUT2D eigenvalue weighted by molar-refractivity contribution is -0.122. The van der Waals surface area contributed by atoms with Gasteiger partial charge in [0.2, 0.25) is 5.91 Å². The lowest BCUT2D eigenvalue weighted by Crippen LogP contribution is -2.44. The van der Waals surface area contributed by atoms with Gasteiger partial charge in [0.25, 0.3) is 0 Å². The summed E-state index contributed by atoms with van der Waals surface area (Å²) in [5.74, 6) is -0.404. The Morgan fingerprint density at radius 2 is 1.97 bits per heavy atom. The Kier molecular flexibility index (Phi) is 6.21. The molecule has 2 aromatic rings. The molecule has 0 bridgehead atoms. The molecule has 2 fully saturated rings. The standard InChI is InChI=1S/C23H28FN3O2/c24-20-3-1-2-19(14-20)15-22(28)26-16-21-4-7-23(29-21)8-12-27(13-9-23)17-18-5-10-25-11-6-18/h1-3,5-6,10-11,14,21H,4,7-9,12-13,15-17H2,(H,26,28). The largest absolute Gasteiger partial charge is 0.370 e. The highest BCUT2D eigenvalue weighted by molar-refractivity contribution is 5.78. The molecule has 1 amide bonds. The van der Waals surface area contributed by atoms with Crippen LogP contribution in [-0.4, -0.2) is 47.1 Å². The molecular formula is C23H28FN3O2. The maximum Gasteiger partial charge on any atom is 0.224 e. The third-order valence-electron chi connectivity index (χ3n) is 6.04. The van der Waals surface area contributed by atoms with E-state index in [1.807, 2.05) is 12.4 Å². The smallest absolute Gasteiger partial charge is 0.224 e. The fourth-order valence-corrected chi connectivity index (χ4v) is 4.39. The maximum absolute atomic E-state index is 13.2. The van der Waals surface area contributed by atoms with E-state index >= 15 is 0 Å². The van der Waals surface area contributed by atoms with Gasteiger partial charge in [-0.15, -0.1) is 0 Å². The first kappa shape index (κ1) is 20.0. The summed E-state index contributed by atoms with van der Waals surface area (Å²) in [5, 5.41) is 2.95. The number of nitrogens with zero attached hydrogens (tertiary/aromatic N) is 2. The number of likely N-dealkylation sites (tertiary alicyclic amines) is 1. The number of rotatable bonds is 6. The van der Waals surface area contributed by atoms with Gasteiger partial charge in [-0.1, -0.05) is 12.1 Å². The summed E-state index contributed by atoms with van der Waals surface area (Å²) in [6.07, 6.45) is 8.04. The number of ether oxygens (including phenoxy) is 1. The predicted octanol–water partition coefficient (Wildman–Crippen LogP) is 3.09. The summed E-state index contributed by atoms with van der Waals surface area (Å²) >= 11 is 0. The molecule has 1 aromatic carbocycles. The van der Waals surface area contributed by atoms with Crippen molar-refractivity contribution in [2.45, 2.75) is 50.4 Å². The first-order valence-corrected chi connectivity index (χ1v) is 10.4. The van der Waals surface area contributed by atoms with E-state index in [0.29, 0.717) is 12.1 Å². The van der Waals surface area contributed by atoms with Gasteiger partial charge in [0, 0.05) is 38.6 Å². The summed E-state index contributed by atoms with van der Waals surface area (Å²) in [5.41, 5.74) is 1.95. The molecule has 0 aliphatic carbocycles. The minimum Gasteiger partial charge on any atom is -0.370 e. The Balaban J connectivity index is 1.20. The molecule has 0 saturated carbocycles. The molecule has 2 aliphatic heterocycles. The zero-order valence-corrected chi connectivity index (χ0v) is 16.6. The van der Waals surface area contributed by atoms with Crippen LogP contribution < -0.4 is 5.32 Å². The van der Waals surface area contributed by atoms with E-state index in [4.69, 9.17) is 4.74 Å². The van der Waals surface area contributed by atoms with Gasteiger partial charge >= 0.3 is 0 Å². The van der Waals surface area contributed by atoms with E-state index in [2.05, 4.69) is 27.3 Å². The van der Waals surface area contributed by atoms with Gasteiger partial charge in [0.15, 0.2) is 0 Å². The van der Waals surface area contributed by atoms with Crippen molar-refractivity contribution in [3.05, 3.63) is 65.7 Å². The van der Waals surface area contributed by atoms with Crippen LogP contribution in [0.4, 0.5) is 4.39 Å². The Hall–Kier alpha value is -2.31. The molecule has 1 spiro atoms. The molecule has 1 aromatic heterocycles. The molecular weight excluding hydrogens is 369 g/mol. The Morgan fingerprint density at radius 3 is 2.72 bits per heavy atom. The normalized spacial score (nSPS) is 21.3. The molecule has 29 heavy (non-hydrogen) atoms. The summed E-state index contributed by atoms with van der Waals surface area (Å²) < 4.78 is 19.6. The van der Waals surface area contributed by atoms with E-state index in [1.54, 1.807) is 12.1 Å². The van der Waals surface area contributed by atoms with E-state index in [-0.39, 0.29) is 29.9 Å². The molecule has 1 N–H and O–H groups in total. The highest BCUT2D eigenvalue weighted by Crippen LogP contribution is 2.39. The number of amides is 1. The van der Waals surface area contributed by atoms with Crippen LogP contribution in [0.1, 0.15) is 36.8 Å². The van der Waals surface area contributed by atoms with Crippen molar-refractivity contribution < 1.29 is 13.9 Å². The van der Waals surface area contributed by atoms with Gasteiger partial charge in [-0.3, -0.25) is 14.7 Å². The average Bonchev–Trinajstić information content (AvgIpc) is 3.12. The number of carbonyl (C=O) groups is 1. The van der Waals surface area contributed by atoms with E-state index in [9.17, 15) is 9.18 Å². The van der Waals surface area contributed by atoms with Gasteiger partial charge in [-0.05, 0) is 61.1 Å². The first-order chi connectivity index (χ1) is 14.1. The molecule has 2 saturated heterocycles. The highest BCUT2D eigenvalue weighted by atomic mass is 19.1. The molecule has 1 unspecified atom stereocenters. The number of halogens is 1. The molecule has 4 rings (SSSR count). The first-order valence-electron chi connectivity index (χ1n) is 10.4. The van der Waals surface area contributed by atoms with Gasteiger partial charge in [-0.2, -0.15) is 0 Å². The zero-order valence-electron chi connectivity index (χ0n) is 16.6. The predicted molar refractivity (Wildman–Crippen MR) is 109 cm³/mol. The van der Waals surface area contributed by atoms with E-state index in [0.717, 1.165) is 45.3 Å². The molecule has 6 heteroatoms. The highest BCUT2D eigenvalue weighted by Gasteiger charge is 2.42. The molecule has 1 atom stereocenters. The Labute approximate surface area is 171 Å². The van der Waals surface area contributed by atoms with E-state index < -0.39 is 0 Å². The van der Waals surface area contributed by atoms with Crippen molar-refractivity contribution in [3.8, 4) is 0 Å². The number of benzene rings is 1. The van der Waals surface area contributed by atoms with Crippen LogP contribution in [0.3, 0.4) is 0 Å². The number of hydrogen-bond donors (Lipinski definition) is 1. The SMILES string of the molecule is O=C(Cc1cccc(F)c1)NCC1CCC2(CCN(Cc3ccncc3)CC2)O1. The number of nitrogens with one attached hydrogen (secondary N) is 1. The van der Waals surface area contributed by atoms with Crippen molar-refractivity contribution in [3.63, 3.8) is 0 Å². The average molecular weight is 397 g/mol. The van der Waals surface area contributed by atoms with Gasteiger partial charge in [-0.25, -0.2) is 4.39 Å². The summed E-state index contributed by atoms with van der Waals surface area (Å²) in [6.45, 7) is 3.54. The monoisotopic (exact) mass is 397 g/mol. The van der Waals surface area contributed by atoms with Gasteiger partial charge in [0.1, 0.15) is 5.82 Å². The van der Waals surface area contributed by atoms with Gasteiger partial charge in [0.05, 0.1) is 18.1 Å². The van der Waals surface area contributed by atoms with Crippen molar-refractivity contribution in [2.24, 2.45) is 0 Å². The molecule has 2 aliphatic rings.